The zero-order valence-corrected chi connectivity index (χ0v) is 11.7. The number of anilines is 1. The molecule has 1 aromatic rings. The maximum Gasteiger partial charge on any atom is 0.257 e. The Labute approximate surface area is 114 Å². The average Bonchev–Trinajstić information content (AvgIpc) is 2.47. The largest absolute Gasteiger partial charge is 0.379 e. The van der Waals surface area contributed by atoms with Gasteiger partial charge in [-0.05, 0) is 24.5 Å². The van der Waals surface area contributed by atoms with Crippen molar-refractivity contribution < 1.29 is 9.53 Å². The standard InChI is InChI=1S/C14H21N3O2/c1-10-6-8-17(9-12(10)19-3)14(18)11-5-4-7-16-13(11)15-2/h4-5,7,10,12H,6,8-9H2,1-3H3,(H,15,16). The van der Waals surface area contributed by atoms with Gasteiger partial charge in [0.2, 0.25) is 0 Å². The number of hydrogen-bond acceptors (Lipinski definition) is 4. The lowest BCUT2D eigenvalue weighted by atomic mass is 9.95. The van der Waals surface area contributed by atoms with Crippen LogP contribution in [-0.2, 0) is 4.74 Å². The minimum absolute atomic E-state index is 0.0198. The number of amides is 1. The third-order valence-electron chi connectivity index (χ3n) is 3.75. The van der Waals surface area contributed by atoms with Crippen molar-refractivity contribution in [1.29, 1.82) is 0 Å². The minimum Gasteiger partial charge on any atom is -0.379 e. The second kappa shape index (κ2) is 6.02. The summed E-state index contributed by atoms with van der Waals surface area (Å²) in [5.41, 5.74) is 0.620. The zero-order chi connectivity index (χ0) is 13.8. The summed E-state index contributed by atoms with van der Waals surface area (Å²) in [4.78, 5) is 18.6. The third kappa shape index (κ3) is 2.87. The highest BCUT2D eigenvalue weighted by molar-refractivity contribution is 5.98. The van der Waals surface area contributed by atoms with Crippen molar-refractivity contribution in [2.75, 3.05) is 32.6 Å². The number of likely N-dealkylation sites (tertiary alicyclic amines) is 1. The first-order valence-corrected chi connectivity index (χ1v) is 6.62. The van der Waals surface area contributed by atoms with E-state index in [0.717, 1.165) is 13.0 Å². The molecule has 1 aliphatic heterocycles. The van der Waals surface area contributed by atoms with Gasteiger partial charge >= 0.3 is 0 Å². The van der Waals surface area contributed by atoms with Gasteiger partial charge in [0.15, 0.2) is 0 Å². The van der Waals surface area contributed by atoms with Gasteiger partial charge in [-0.2, -0.15) is 0 Å². The molecule has 2 unspecified atom stereocenters. The number of methoxy groups -OCH3 is 1. The number of ether oxygens (including phenoxy) is 1. The van der Waals surface area contributed by atoms with E-state index < -0.39 is 0 Å². The van der Waals surface area contributed by atoms with Crippen molar-refractivity contribution in [2.45, 2.75) is 19.4 Å². The van der Waals surface area contributed by atoms with Crippen LogP contribution in [0.25, 0.3) is 0 Å². The molecule has 5 nitrogen and oxygen atoms in total. The number of nitrogens with zero attached hydrogens (tertiary/aromatic N) is 2. The highest BCUT2D eigenvalue weighted by Crippen LogP contribution is 2.22. The molecule has 104 valence electrons. The van der Waals surface area contributed by atoms with E-state index in [9.17, 15) is 4.79 Å². The lowest BCUT2D eigenvalue weighted by Gasteiger charge is -2.36. The third-order valence-corrected chi connectivity index (χ3v) is 3.75. The molecule has 0 saturated carbocycles. The molecule has 0 spiro atoms. The number of piperidine rings is 1. The Hall–Kier alpha value is -1.62. The lowest BCUT2D eigenvalue weighted by Crippen LogP contribution is -2.46. The van der Waals surface area contributed by atoms with Crippen LogP contribution in [-0.4, -0.2) is 49.1 Å². The van der Waals surface area contributed by atoms with Crippen LogP contribution in [0.5, 0.6) is 0 Å². The summed E-state index contributed by atoms with van der Waals surface area (Å²) in [5.74, 6) is 1.14. The summed E-state index contributed by atoms with van der Waals surface area (Å²) in [5, 5.41) is 2.96. The molecule has 1 aliphatic rings. The van der Waals surface area contributed by atoms with Crippen molar-refractivity contribution >= 4 is 11.7 Å². The van der Waals surface area contributed by atoms with Gasteiger partial charge in [-0.25, -0.2) is 4.98 Å². The molecule has 5 heteroatoms. The first-order chi connectivity index (χ1) is 9.17. The fourth-order valence-electron chi connectivity index (χ4n) is 2.47. The Morgan fingerprint density at radius 3 is 3.05 bits per heavy atom. The van der Waals surface area contributed by atoms with Gasteiger partial charge in [-0.1, -0.05) is 6.92 Å². The van der Waals surface area contributed by atoms with E-state index in [2.05, 4.69) is 17.2 Å². The van der Waals surface area contributed by atoms with Crippen molar-refractivity contribution in [3.63, 3.8) is 0 Å². The number of carbonyl (C=O) groups excluding carboxylic acids is 1. The van der Waals surface area contributed by atoms with E-state index in [1.165, 1.54) is 0 Å². The van der Waals surface area contributed by atoms with Crippen LogP contribution in [0.3, 0.4) is 0 Å². The molecule has 0 bridgehead atoms. The van der Waals surface area contributed by atoms with E-state index in [1.54, 1.807) is 32.5 Å². The molecule has 2 atom stereocenters. The molecule has 0 aliphatic carbocycles. The summed E-state index contributed by atoms with van der Waals surface area (Å²) in [6.07, 6.45) is 2.77. The molecule has 19 heavy (non-hydrogen) atoms. The number of hydrogen-bond donors (Lipinski definition) is 1. The Bertz CT molecular complexity index is 450. The van der Waals surface area contributed by atoms with Crippen LogP contribution in [0.2, 0.25) is 0 Å². The van der Waals surface area contributed by atoms with Gasteiger partial charge in [-0.3, -0.25) is 4.79 Å². The monoisotopic (exact) mass is 263 g/mol. The molecule has 2 rings (SSSR count). The molecule has 1 fully saturated rings. The van der Waals surface area contributed by atoms with Gasteiger partial charge in [0.1, 0.15) is 5.82 Å². The van der Waals surface area contributed by atoms with Crippen LogP contribution < -0.4 is 5.32 Å². The fraction of sp³-hybridized carbons (Fsp3) is 0.571. The van der Waals surface area contributed by atoms with Crippen LogP contribution in [0.1, 0.15) is 23.7 Å². The second-order valence-electron chi connectivity index (χ2n) is 4.94. The topological polar surface area (TPSA) is 54.5 Å². The molecular formula is C14H21N3O2. The molecule has 1 amide bonds. The maximum absolute atomic E-state index is 12.5. The summed E-state index contributed by atoms with van der Waals surface area (Å²) < 4.78 is 5.45. The predicted molar refractivity (Wildman–Crippen MR) is 74.3 cm³/mol. The lowest BCUT2D eigenvalue weighted by molar-refractivity contribution is -0.00154. The fourth-order valence-corrected chi connectivity index (χ4v) is 2.47. The zero-order valence-electron chi connectivity index (χ0n) is 11.7. The molecule has 2 heterocycles. The van der Waals surface area contributed by atoms with Crippen molar-refractivity contribution in [3.05, 3.63) is 23.9 Å². The first-order valence-electron chi connectivity index (χ1n) is 6.62. The summed E-state index contributed by atoms with van der Waals surface area (Å²) >= 11 is 0. The average molecular weight is 263 g/mol. The molecular weight excluding hydrogens is 242 g/mol. The van der Waals surface area contributed by atoms with E-state index >= 15 is 0 Å². The van der Waals surface area contributed by atoms with Gasteiger partial charge < -0.3 is 15.0 Å². The molecule has 1 N–H and O–H groups in total. The van der Waals surface area contributed by atoms with E-state index in [4.69, 9.17) is 4.74 Å². The Kier molecular flexibility index (Phi) is 4.37. The molecule has 1 aromatic heterocycles. The van der Waals surface area contributed by atoms with Crippen molar-refractivity contribution in [1.82, 2.24) is 9.88 Å². The second-order valence-corrected chi connectivity index (χ2v) is 4.94. The SMILES string of the molecule is CNc1ncccc1C(=O)N1CCC(C)C(OC)C1. The summed E-state index contributed by atoms with van der Waals surface area (Å²) in [7, 11) is 3.48. The Balaban J connectivity index is 2.15. The van der Waals surface area contributed by atoms with Crippen molar-refractivity contribution in [3.8, 4) is 0 Å². The van der Waals surface area contributed by atoms with E-state index in [1.807, 2.05) is 4.90 Å². The van der Waals surface area contributed by atoms with Gasteiger partial charge in [0, 0.05) is 33.4 Å². The highest BCUT2D eigenvalue weighted by Gasteiger charge is 2.30. The summed E-state index contributed by atoms with van der Waals surface area (Å²) in [6, 6.07) is 3.59. The predicted octanol–water partition coefficient (Wildman–Crippen LogP) is 1.62. The minimum atomic E-state index is 0.0198. The molecule has 0 radical (unpaired) electrons. The smallest absolute Gasteiger partial charge is 0.257 e. The summed E-state index contributed by atoms with van der Waals surface area (Å²) in [6.45, 7) is 3.59. The number of aromatic nitrogens is 1. The van der Waals surface area contributed by atoms with Gasteiger partial charge in [-0.15, -0.1) is 0 Å². The maximum atomic E-state index is 12.5. The number of nitrogens with one attached hydrogen (secondary N) is 1. The molecule has 1 saturated heterocycles. The molecule has 0 aromatic carbocycles. The van der Waals surface area contributed by atoms with Crippen LogP contribution >= 0.6 is 0 Å². The number of pyridine rings is 1. The first kappa shape index (κ1) is 13.8. The van der Waals surface area contributed by atoms with Crippen LogP contribution in [0.4, 0.5) is 5.82 Å². The van der Waals surface area contributed by atoms with Crippen molar-refractivity contribution in [2.24, 2.45) is 5.92 Å². The van der Waals surface area contributed by atoms with Crippen LogP contribution in [0, 0.1) is 5.92 Å². The van der Waals surface area contributed by atoms with E-state index in [-0.39, 0.29) is 12.0 Å². The number of carbonyl (C=O) groups is 1. The number of rotatable bonds is 3. The van der Waals surface area contributed by atoms with Gasteiger partial charge in [0.05, 0.1) is 11.7 Å². The Morgan fingerprint density at radius 2 is 2.37 bits per heavy atom. The quantitative estimate of drug-likeness (QED) is 0.900. The normalized spacial score (nSPS) is 23.2. The van der Waals surface area contributed by atoms with E-state index in [0.29, 0.717) is 23.8 Å². The Morgan fingerprint density at radius 1 is 1.58 bits per heavy atom. The highest BCUT2D eigenvalue weighted by atomic mass is 16.5. The van der Waals surface area contributed by atoms with Gasteiger partial charge in [0.25, 0.3) is 5.91 Å². The van der Waals surface area contributed by atoms with Crippen LogP contribution in [0.15, 0.2) is 18.3 Å².